The van der Waals surface area contributed by atoms with Gasteiger partial charge in [0.25, 0.3) is 0 Å². The van der Waals surface area contributed by atoms with Gasteiger partial charge in [0.05, 0.1) is 12.4 Å². The number of anilines is 1. The third kappa shape index (κ3) is 5.58. The van der Waals surface area contributed by atoms with Gasteiger partial charge in [-0.2, -0.15) is 0 Å². The maximum absolute atomic E-state index is 12.7. The summed E-state index contributed by atoms with van der Waals surface area (Å²) in [5, 5.41) is 13.4. The molecule has 5 nitrogen and oxygen atoms in total. The number of nitrogens with zero attached hydrogens (tertiary/aromatic N) is 2. The summed E-state index contributed by atoms with van der Waals surface area (Å²) in [7, 11) is 1.66. The molecule has 1 unspecified atom stereocenters. The van der Waals surface area contributed by atoms with Gasteiger partial charge in [-0.25, -0.2) is 0 Å². The molecule has 0 aliphatic carbocycles. The molecule has 1 N–H and O–H groups in total. The van der Waals surface area contributed by atoms with E-state index in [-0.39, 0.29) is 11.2 Å². The van der Waals surface area contributed by atoms with Crippen molar-refractivity contribution in [2.45, 2.75) is 26.6 Å². The predicted molar refractivity (Wildman–Crippen MR) is 130 cm³/mol. The van der Waals surface area contributed by atoms with Crippen LogP contribution in [0.25, 0.3) is 10.8 Å². The molecule has 158 valence electrons. The first-order chi connectivity index (χ1) is 15.1. The van der Waals surface area contributed by atoms with Gasteiger partial charge in [0, 0.05) is 16.8 Å². The van der Waals surface area contributed by atoms with Crippen LogP contribution in [0.1, 0.15) is 12.5 Å². The molecule has 1 atom stereocenters. The number of methoxy groups -OCH3 is 1. The van der Waals surface area contributed by atoms with Crippen molar-refractivity contribution in [3.8, 4) is 5.75 Å². The zero-order chi connectivity index (χ0) is 21.6. The summed E-state index contributed by atoms with van der Waals surface area (Å²) in [5.41, 5.74) is 2.02. The number of carbonyl (C=O) groups is 1. The van der Waals surface area contributed by atoms with Crippen molar-refractivity contribution < 1.29 is 9.53 Å². The number of rotatable bonds is 8. The second kappa shape index (κ2) is 10.2. The first-order valence-corrected chi connectivity index (χ1v) is 12.3. The molecular formula is C23H21N3O2S3. The highest BCUT2D eigenvalue weighted by Gasteiger charge is 2.18. The normalized spacial score (nSPS) is 11.9. The zero-order valence-corrected chi connectivity index (χ0v) is 19.5. The lowest BCUT2D eigenvalue weighted by Crippen LogP contribution is -2.22. The zero-order valence-electron chi connectivity index (χ0n) is 17.1. The van der Waals surface area contributed by atoms with Crippen molar-refractivity contribution in [1.82, 2.24) is 10.2 Å². The third-order valence-corrected chi connectivity index (χ3v) is 7.92. The van der Waals surface area contributed by atoms with E-state index in [0.717, 1.165) is 36.6 Å². The van der Waals surface area contributed by atoms with Gasteiger partial charge < -0.3 is 10.1 Å². The van der Waals surface area contributed by atoms with Crippen LogP contribution in [-0.4, -0.2) is 28.5 Å². The molecule has 0 aliphatic heterocycles. The van der Waals surface area contributed by atoms with E-state index >= 15 is 0 Å². The van der Waals surface area contributed by atoms with E-state index in [1.807, 2.05) is 73.7 Å². The average Bonchev–Trinajstić information content (AvgIpc) is 3.25. The Balaban J connectivity index is 1.33. The Kier molecular flexibility index (Phi) is 7.11. The highest BCUT2D eigenvalue weighted by molar-refractivity contribution is 8.03. The molecule has 0 spiro atoms. The van der Waals surface area contributed by atoms with Gasteiger partial charge in [0.2, 0.25) is 5.91 Å². The highest BCUT2D eigenvalue weighted by atomic mass is 32.2. The Labute approximate surface area is 193 Å². The van der Waals surface area contributed by atoms with Crippen LogP contribution in [0.15, 0.2) is 75.4 Å². The fourth-order valence-electron chi connectivity index (χ4n) is 2.94. The molecule has 0 fully saturated rings. The largest absolute Gasteiger partial charge is 0.497 e. The molecule has 0 saturated carbocycles. The SMILES string of the molecule is COc1ccc(CSc2nnc(SC(C)C(=O)Nc3cccc4ccccc34)s2)cc1. The lowest BCUT2D eigenvalue weighted by Gasteiger charge is -2.12. The standard InChI is InChI=1S/C23H21N3O2S3/c1-15(21(27)24-20-9-5-7-17-6-3-4-8-19(17)20)30-23-26-25-22(31-23)29-14-16-10-12-18(28-2)13-11-16/h3-13,15H,14H2,1-2H3,(H,24,27). The van der Waals surface area contributed by atoms with Crippen LogP contribution in [0.4, 0.5) is 5.69 Å². The Morgan fingerprint density at radius 1 is 1.03 bits per heavy atom. The van der Waals surface area contributed by atoms with Crippen molar-refractivity contribution in [3.63, 3.8) is 0 Å². The van der Waals surface area contributed by atoms with Crippen molar-refractivity contribution in [1.29, 1.82) is 0 Å². The number of amides is 1. The Morgan fingerprint density at radius 2 is 1.77 bits per heavy atom. The summed E-state index contributed by atoms with van der Waals surface area (Å²) >= 11 is 4.58. The second-order valence-corrected chi connectivity index (χ2v) is 10.5. The fraction of sp³-hybridized carbons (Fsp3) is 0.174. The maximum Gasteiger partial charge on any atom is 0.237 e. The predicted octanol–water partition coefficient (Wildman–Crippen LogP) is 6.11. The Morgan fingerprint density at radius 3 is 2.58 bits per heavy atom. The molecule has 8 heteroatoms. The Hall–Kier alpha value is -2.55. The van der Waals surface area contributed by atoms with Gasteiger partial charge in [0.1, 0.15) is 5.75 Å². The van der Waals surface area contributed by atoms with Gasteiger partial charge in [-0.1, -0.05) is 83.4 Å². The van der Waals surface area contributed by atoms with Crippen LogP contribution in [-0.2, 0) is 10.5 Å². The molecule has 4 rings (SSSR count). The van der Waals surface area contributed by atoms with E-state index in [1.54, 1.807) is 18.9 Å². The topological polar surface area (TPSA) is 64.1 Å². The van der Waals surface area contributed by atoms with E-state index in [9.17, 15) is 4.79 Å². The number of thioether (sulfide) groups is 2. The molecule has 31 heavy (non-hydrogen) atoms. The first kappa shape index (κ1) is 21.7. The van der Waals surface area contributed by atoms with E-state index in [4.69, 9.17) is 4.74 Å². The second-order valence-electron chi connectivity index (χ2n) is 6.75. The van der Waals surface area contributed by atoms with Crippen LogP contribution in [0.3, 0.4) is 0 Å². The van der Waals surface area contributed by atoms with Crippen LogP contribution < -0.4 is 10.1 Å². The third-order valence-electron chi connectivity index (χ3n) is 4.60. The molecule has 1 aromatic heterocycles. The molecule has 3 aromatic carbocycles. The molecule has 0 saturated heterocycles. The Bertz CT molecular complexity index is 1170. The van der Waals surface area contributed by atoms with E-state index in [1.165, 1.54) is 28.7 Å². The molecule has 0 radical (unpaired) electrons. The van der Waals surface area contributed by atoms with Crippen LogP contribution in [0.2, 0.25) is 0 Å². The summed E-state index contributed by atoms with van der Waals surface area (Å²) in [6.07, 6.45) is 0. The number of hydrogen-bond acceptors (Lipinski definition) is 7. The lowest BCUT2D eigenvalue weighted by molar-refractivity contribution is -0.115. The quantitative estimate of drug-likeness (QED) is 0.315. The number of carbonyl (C=O) groups excluding carboxylic acids is 1. The highest BCUT2D eigenvalue weighted by Crippen LogP contribution is 2.33. The number of ether oxygens (including phenoxy) is 1. The minimum Gasteiger partial charge on any atom is -0.497 e. The van der Waals surface area contributed by atoms with Gasteiger partial charge in [0.15, 0.2) is 8.68 Å². The average molecular weight is 468 g/mol. The number of hydrogen-bond donors (Lipinski definition) is 1. The summed E-state index contributed by atoms with van der Waals surface area (Å²) in [6.45, 7) is 1.89. The van der Waals surface area contributed by atoms with Gasteiger partial charge in [-0.05, 0) is 36.1 Å². The van der Waals surface area contributed by atoms with Crippen LogP contribution in [0.5, 0.6) is 5.75 Å². The minimum absolute atomic E-state index is 0.0519. The van der Waals surface area contributed by atoms with Crippen molar-refractivity contribution in [3.05, 3.63) is 72.3 Å². The summed E-state index contributed by atoms with van der Waals surface area (Å²) in [5.74, 6) is 1.60. The smallest absolute Gasteiger partial charge is 0.237 e. The van der Waals surface area contributed by atoms with E-state index < -0.39 is 0 Å². The molecule has 0 aliphatic rings. The molecule has 1 heterocycles. The molecule has 1 amide bonds. The van der Waals surface area contributed by atoms with Gasteiger partial charge in [-0.15, -0.1) is 10.2 Å². The van der Waals surface area contributed by atoms with Crippen LogP contribution >= 0.6 is 34.9 Å². The maximum atomic E-state index is 12.7. The number of aromatic nitrogens is 2. The van der Waals surface area contributed by atoms with Crippen molar-refractivity contribution in [2.75, 3.05) is 12.4 Å². The summed E-state index contributed by atoms with van der Waals surface area (Å²) in [6, 6.07) is 21.9. The van der Waals surface area contributed by atoms with Crippen molar-refractivity contribution in [2.24, 2.45) is 0 Å². The number of fused-ring (bicyclic) bond motifs is 1. The van der Waals surface area contributed by atoms with Crippen molar-refractivity contribution >= 4 is 57.2 Å². The van der Waals surface area contributed by atoms with E-state index in [2.05, 4.69) is 15.5 Å². The fourth-order valence-corrected chi connectivity index (χ4v) is 6.06. The summed E-state index contributed by atoms with van der Waals surface area (Å²) in [4.78, 5) is 12.7. The number of benzene rings is 3. The molecular weight excluding hydrogens is 446 g/mol. The monoisotopic (exact) mass is 467 g/mol. The lowest BCUT2D eigenvalue weighted by atomic mass is 10.1. The van der Waals surface area contributed by atoms with Crippen LogP contribution in [0, 0.1) is 0 Å². The van der Waals surface area contributed by atoms with Gasteiger partial charge >= 0.3 is 0 Å². The summed E-state index contributed by atoms with van der Waals surface area (Å²) < 4.78 is 6.87. The number of nitrogens with one attached hydrogen (secondary N) is 1. The molecule has 0 bridgehead atoms. The van der Waals surface area contributed by atoms with E-state index in [0.29, 0.717) is 0 Å². The molecule has 4 aromatic rings. The first-order valence-electron chi connectivity index (χ1n) is 9.67. The minimum atomic E-state index is -0.286. The van der Waals surface area contributed by atoms with Gasteiger partial charge in [-0.3, -0.25) is 4.79 Å².